The van der Waals surface area contributed by atoms with Crippen molar-refractivity contribution >= 4 is 29.1 Å². The second kappa shape index (κ2) is 5.15. The minimum absolute atomic E-state index is 0.0550. The maximum absolute atomic E-state index is 11.4. The van der Waals surface area contributed by atoms with Gasteiger partial charge in [-0.2, -0.15) is 0 Å². The number of nitrogens with zero attached hydrogens (tertiary/aromatic N) is 2. The third kappa shape index (κ3) is 2.49. The lowest BCUT2D eigenvalue weighted by Gasteiger charge is -2.34. The van der Waals surface area contributed by atoms with Gasteiger partial charge in [0.15, 0.2) is 5.11 Å². The molecule has 6 nitrogen and oxygen atoms in total. The maximum Gasteiger partial charge on any atom is 0.238 e. The molecule has 0 aromatic heterocycles. The molecule has 0 aromatic rings. The molecule has 1 fully saturated rings. The predicted molar refractivity (Wildman–Crippen MR) is 54.8 cm³/mol. The molecule has 0 saturated carbocycles. The Bertz CT molecular complexity index is 268. The van der Waals surface area contributed by atoms with Crippen LogP contribution in [0.3, 0.4) is 0 Å². The molecule has 1 saturated heterocycles. The zero-order valence-electron chi connectivity index (χ0n) is 8.05. The Kier molecular flexibility index (Phi) is 4.13. The first kappa shape index (κ1) is 12.0. The number of β-amino-alcohol motifs (C(OH)–C–C–N with tert-alkyl or cyclic N) is 2. The average Bonchev–Trinajstić information content (AvgIpc) is 2.19. The third-order valence-corrected chi connectivity index (χ3v) is 2.45. The van der Waals surface area contributed by atoms with Crippen LogP contribution in [0, 0.1) is 0 Å². The highest BCUT2D eigenvalue weighted by atomic mass is 32.1. The molecular formula is C8H12N2O4S. The predicted octanol–water partition coefficient (Wildman–Crippen LogP) is -1.68. The standard InChI is InChI=1S/C8H12N2O4S/c11-3-1-9-6(13)5-7(14)10(2-4-12)8(9)15/h11-12H,1-5H2. The fraction of sp³-hybridized carbons (Fsp3) is 0.625. The molecule has 7 heteroatoms. The van der Waals surface area contributed by atoms with Gasteiger partial charge >= 0.3 is 0 Å². The Morgan fingerprint density at radius 2 is 1.47 bits per heavy atom. The summed E-state index contributed by atoms with van der Waals surface area (Å²) in [4.78, 5) is 25.1. The molecule has 1 aliphatic heterocycles. The molecule has 0 atom stereocenters. The van der Waals surface area contributed by atoms with Crippen molar-refractivity contribution in [2.45, 2.75) is 6.42 Å². The van der Waals surface area contributed by atoms with E-state index >= 15 is 0 Å². The van der Waals surface area contributed by atoms with Crippen LogP contribution in [0.25, 0.3) is 0 Å². The molecule has 2 amide bonds. The van der Waals surface area contributed by atoms with Gasteiger partial charge < -0.3 is 10.2 Å². The van der Waals surface area contributed by atoms with Gasteiger partial charge in [-0.15, -0.1) is 0 Å². The van der Waals surface area contributed by atoms with Gasteiger partial charge in [-0.3, -0.25) is 19.4 Å². The highest BCUT2D eigenvalue weighted by Gasteiger charge is 2.33. The van der Waals surface area contributed by atoms with E-state index in [-0.39, 0.29) is 37.8 Å². The van der Waals surface area contributed by atoms with E-state index in [2.05, 4.69) is 0 Å². The van der Waals surface area contributed by atoms with E-state index in [1.165, 1.54) is 9.80 Å². The van der Waals surface area contributed by atoms with Gasteiger partial charge in [0.25, 0.3) is 0 Å². The van der Waals surface area contributed by atoms with E-state index in [1.54, 1.807) is 0 Å². The van der Waals surface area contributed by atoms with Crippen LogP contribution in [-0.2, 0) is 9.59 Å². The van der Waals surface area contributed by atoms with Crippen molar-refractivity contribution in [2.24, 2.45) is 0 Å². The van der Waals surface area contributed by atoms with E-state index in [9.17, 15) is 9.59 Å². The molecule has 2 N–H and O–H groups in total. The minimum Gasteiger partial charge on any atom is -0.395 e. The van der Waals surface area contributed by atoms with Crippen LogP contribution < -0.4 is 0 Å². The number of aliphatic hydroxyl groups is 2. The summed E-state index contributed by atoms with van der Waals surface area (Å²) in [7, 11) is 0. The van der Waals surface area contributed by atoms with Crippen molar-refractivity contribution in [3.05, 3.63) is 0 Å². The smallest absolute Gasteiger partial charge is 0.238 e. The summed E-state index contributed by atoms with van der Waals surface area (Å²) in [5.41, 5.74) is 0. The minimum atomic E-state index is -0.409. The molecule has 1 rings (SSSR count). The second-order valence-electron chi connectivity index (χ2n) is 3.00. The van der Waals surface area contributed by atoms with Crippen molar-refractivity contribution < 1.29 is 19.8 Å². The summed E-state index contributed by atoms with van der Waals surface area (Å²) < 4.78 is 0. The van der Waals surface area contributed by atoms with Gasteiger partial charge in [0.05, 0.1) is 26.3 Å². The number of carbonyl (C=O) groups excluding carboxylic acids is 2. The van der Waals surface area contributed by atoms with Crippen LogP contribution in [0.5, 0.6) is 0 Å². The molecule has 0 bridgehead atoms. The zero-order chi connectivity index (χ0) is 11.4. The number of hydrogen-bond acceptors (Lipinski definition) is 5. The first-order chi connectivity index (χ1) is 7.11. The van der Waals surface area contributed by atoms with Gasteiger partial charge in [-0.05, 0) is 12.2 Å². The highest BCUT2D eigenvalue weighted by Crippen LogP contribution is 2.11. The number of hydrogen-bond donors (Lipinski definition) is 2. The summed E-state index contributed by atoms with van der Waals surface area (Å²) >= 11 is 4.92. The van der Waals surface area contributed by atoms with Crippen LogP contribution in [0.2, 0.25) is 0 Å². The number of carbonyl (C=O) groups is 2. The van der Waals surface area contributed by atoms with Gasteiger partial charge in [0, 0.05) is 0 Å². The maximum atomic E-state index is 11.4. The Labute approximate surface area is 92.1 Å². The van der Waals surface area contributed by atoms with Gasteiger partial charge in [-0.25, -0.2) is 0 Å². The van der Waals surface area contributed by atoms with Crippen LogP contribution in [0.4, 0.5) is 0 Å². The fourth-order valence-electron chi connectivity index (χ4n) is 1.32. The Hall–Kier alpha value is -1.05. The fourth-order valence-corrected chi connectivity index (χ4v) is 1.71. The first-order valence-electron chi connectivity index (χ1n) is 4.48. The number of aliphatic hydroxyl groups excluding tert-OH is 2. The Balaban J connectivity index is 2.79. The van der Waals surface area contributed by atoms with Gasteiger partial charge in [-0.1, -0.05) is 0 Å². The molecule has 0 spiro atoms. The average molecular weight is 232 g/mol. The molecule has 0 aliphatic carbocycles. The van der Waals surface area contributed by atoms with Crippen molar-refractivity contribution in [3.63, 3.8) is 0 Å². The third-order valence-electron chi connectivity index (χ3n) is 2.01. The summed E-state index contributed by atoms with van der Waals surface area (Å²) in [6.45, 7) is -0.278. The summed E-state index contributed by atoms with van der Waals surface area (Å²) in [5.74, 6) is -0.818. The molecule has 0 aromatic carbocycles. The second-order valence-corrected chi connectivity index (χ2v) is 3.36. The van der Waals surface area contributed by atoms with E-state index in [0.29, 0.717) is 0 Å². The van der Waals surface area contributed by atoms with E-state index < -0.39 is 11.8 Å². The lowest BCUT2D eigenvalue weighted by atomic mass is 10.2. The Morgan fingerprint density at radius 1 is 1.07 bits per heavy atom. The zero-order valence-corrected chi connectivity index (χ0v) is 8.87. The Morgan fingerprint density at radius 3 is 1.80 bits per heavy atom. The largest absolute Gasteiger partial charge is 0.395 e. The van der Waals surface area contributed by atoms with E-state index in [4.69, 9.17) is 22.4 Å². The first-order valence-corrected chi connectivity index (χ1v) is 4.89. The van der Waals surface area contributed by atoms with Crippen molar-refractivity contribution in [3.8, 4) is 0 Å². The van der Waals surface area contributed by atoms with E-state index in [0.717, 1.165) is 0 Å². The van der Waals surface area contributed by atoms with Crippen molar-refractivity contribution in [2.75, 3.05) is 26.3 Å². The molecule has 1 heterocycles. The van der Waals surface area contributed by atoms with E-state index in [1.807, 2.05) is 0 Å². The molecular weight excluding hydrogens is 220 g/mol. The summed E-state index contributed by atoms with van der Waals surface area (Å²) in [5, 5.41) is 17.5. The monoisotopic (exact) mass is 232 g/mol. The topological polar surface area (TPSA) is 81.1 Å². The van der Waals surface area contributed by atoms with Crippen LogP contribution in [-0.4, -0.2) is 63.2 Å². The molecule has 84 valence electrons. The quantitative estimate of drug-likeness (QED) is 0.447. The normalized spacial score (nSPS) is 17.6. The van der Waals surface area contributed by atoms with Crippen molar-refractivity contribution in [1.82, 2.24) is 9.80 Å². The summed E-state index contributed by atoms with van der Waals surface area (Å²) in [6.07, 6.45) is -0.264. The highest BCUT2D eigenvalue weighted by molar-refractivity contribution is 7.80. The number of thiocarbonyl (C=S) groups is 1. The van der Waals surface area contributed by atoms with Crippen LogP contribution >= 0.6 is 12.2 Å². The van der Waals surface area contributed by atoms with Gasteiger partial charge in [0.1, 0.15) is 6.42 Å². The van der Waals surface area contributed by atoms with Crippen LogP contribution in [0.15, 0.2) is 0 Å². The molecule has 1 aliphatic rings. The number of amides is 2. The lowest BCUT2D eigenvalue weighted by molar-refractivity contribution is -0.140. The van der Waals surface area contributed by atoms with Crippen LogP contribution in [0.1, 0.15) is 6.42 Å². The van der Waals surface area contributed by atoms with Gasteiger partial charge in [0.2, 0.25) is 11.8 Å². The summed E-state index contributed by atoms with van der Waals surface area (Å²) in [6, 6.07) is 0. The lowest BCUT2D eigenvalue weighted by Crippen LogP contribution is -2.56. The molecule has 15 heavy (non-hydrogen) atoms. The SMILES string of the molecule is O=C1CC(=O)N(CCO)C(=S)N1CCO. The van der Waals surface area contributed by atoms with Crippen molar-refractivity contribution in [1.29, 1.82) is 0 Å². The number of rotatable bonds is 4. The molecule has 0 radical (unpaired) electrons. The molecule has 0 unspecified atom stereocenters.